The fraction of sp³-hybridized carbons (Fsp3) is 0.308. The summed E-state index contributed by atoms with van der Waals surface area (Å²) in [6, 6.07) is 63.1. The zero-order valence-electron chi connectivity index (χ0n) is 44.0. The van der Waals surface area contributed by atoms with E-state index in [4.69, 9.17) is 5.11 Å². The highest BCUT2D eigenvalue weighted by atomic mass is 16.4. The predicted octanol–water partition coefficient (Wildman–Crippen LogP) is 17.1. The molecule has 0 saturated heterocycles. The minimum atomic E-state index is -0.706. The van der Waals surface area contributed by atoms with Crippen molar-refractivity contribution < 1.29 is 9.90 Å². The van der Waals surface area contributed by atoms with Crippen LogP contribution in [0.25, 0.3) is 43.6 Å². The van der Waals surface area contributed by atoms with Crippen LogP contribution < -0.4 is 10.9 Å². The van der Waals surface area contributed by atoms with E-state index in [0.29, 0.717) is 17.8 Å². The van der Waals surface area contributed by atoms with Gasteiger partial charge in [-0.1, -0.05) is 195 Å². The average molecular weight is 951 g/mol. The molecule has 0 bridgehead atoms. The molecule has 6 heteroatoms. The van der Waals surface area contributed by atoms with Crippen molar-refractivity contribution in [2.75, 3.05) is 0 Å². The lowest BCUT2D eigenvalue weighted by molar-refractivity contribution is -0.141. The minimum Gasteiger partial charge on any atom is -0.481 e. The third kappa shape index (κ3) is 16.0. The number of benzene rings is 7. The number of carboxylic acids is 1. The quantitative estimate of drug-likeness (QED) is 0.139. The fourth-order valence-corrected chi connectivity index (χ4v) is 8.06. The van der Waals surface area contributed by atoms with Crippen LogP contribution in [0.4, 0.5) is 0 Å². The van der Waals surface area contributed by atoms with Crippen molar-refractivity contribution in [2.24, 2.45) is 5.92 Å². The maximum Gasteiger partial charge on any atom is 0.306 e. The summed E-state index contributed by atoms with van der Waals surface area (Å²) in [6.07, 6.45) is 4.40. The first-order valence-corrected chi connectivity index (χ1v) is 25.7. The summed E-state index contributed by atoms with van der Waals surface area (Å²) >= 11 is 0. The number of carboxylic acid groups (broad SMARTS) is 1. The molecule has 0 aliphatic rings. The summed E-state index contributed by atoms with van der Waals surface area (Å²) in [5, 5.41) is 11.4. The highest BCUT2D eigenvalue weighted by Gasteiger charge is 2.10. The van der Waals surface area contributed by atoms with E-state index in [9.17, 15) is 14.4 Å². The number of fused-ring (bicyclic) bond motifs is 4. The molecular weight excluding hydrogens is 873 g/mol. The van der Waals surface area contributed by atoms with Gasteiger partial charge >= 0.3 is 5.97 Å². The molecule has 1 N–H and O–H groups in total. The molecule has 4 atom stereocenters. The third-order valence-electron chi connectivity index (χ3n) is 13.4. The molecule has 0 saturated carbocycles. The maximum absolute atomic E-state index is 12.3. The van der Waals surface area contributed by atoms with E-state index >= 15 is 0 Å². The summed E-state index contributed by atoms with van der Waals surface area (Å²) in [5.41, 5.74) is 8.65. The number of para-hydroxylation sites is 4. The Morgan fingerprint density at radius 2 is 0.592 bits per heavy atom. The van der Waals surface area contributed by atoms with Gasteiger partial charge in [0.15, 0.2) is 10.9 Å². The summed E-state index contributed by atoms with van der Waals surface area (Å²) in [7, 11) is 0. The van der Waals surface area contributed by atoms with E-state index in [-0.39, 0.29) is 16.8 Å². The van der Waals surface area contributed by atoms with Gasteiger partial charge in [-0.25, -0.2) is 0 Å². The zero-order chi connectivity index (χ0) is 51.7. The molecule has 9 aromatic rings. The number of carbonyl (C=O) groups is 1. The van der Waals surface area contributed by atoms with Crippen LogP contribution in [-0.2, 0) is 17.9 Å². The fourth-order valence-electron chi connectivity index (χ4n) is 8.06. The molecule has 0 aliphatic carbocycles. The molecule has 0 fully saturated rings. The number of aromatic nitrogens is 2. The first-order valence-electron chi connectivity index (χ1n) is 25.7. The van der Waals surface area contributed by atoms with Crippen molar-refractivity contribution in [3.8, 4) is 0 Å². The number of nitrogens with zero attached hydrogens (tertiary/aromatic N) is 2. The number of hydrogen-bond donors (Lipinski definition) is 1. The van der Waals surface area contributed by atoms with Gasteiger partial charge in [0.05, 0.1) is 28.0 Å². The Kier molecular flexibility index (Phi) is 23.8. The van der Waals surface area contributed by atoms with Crippen LogP contribution in [0.2, 0.25) is 0 Å². The van der Waals surface area contributed by atoms with Crippen molar-refractivity contribution in [1.82, 2.24) is 9.13 Å². The number of hydrogen-bond acceptors (Lipinski definition) is 3. The van der Waals surface area contributed by atoms with Gasteiger partial charge in [0.2, 0.25) is 0 Å². The van der Waals surface area contributed by atoms with Crippen LogP contribution in [0, 0.1) is 5.92 Å². The lowest BCUT2D eigenvalue weighted by Gasteiger charge is -2.12. The van der Waals surface area contributed by atoms with Crippen molar-refractivity contribution >= 4 is 49.6 Å². The smallest absolute Gasteiger partial charge is 0.306 e. The van der Waals surface area contributed by atoms with Crippen molar-refractivity contribution in [3.63, 3.8) is 0 Å². The molecule has 6 nitrogen and oxygen atoms in total. The molecule has 7 aromatic carbocycles. The molecule has 0 aliphatic heterocycles. The molecule has 2 aromatic heterocycles. The van der Waals surface area contributed by atoms with Crippen molar-refractivity contribution in [2.45, 2.75) is 126 Å². The molecule has 372 valence electrons. The Morgan fingerprint density at radius 3 is 0.775 bits per heavy atom. The highest BCUT2D eigenvalue weighted by molar-refractivity contribution is 5.94. The van der Waals surface area contributed by atoms with Crippen LogP contribution in [0.15, 0.2) is 198 Å². The second kappa shape index (κ2) is 29.9. The Bertz CT molecular complexity index is 2730. The van der Waals surface area contributed by atoms with Crippen LogP contribution in [0.3, 0.4) is 0 Å². The van der Waals surface area contributed by atoms with E-state index in [1.54, 1.807) is 6.92 Å². The van der Waals surface area contributed by atoms with Gasteiger partial charge in [-0.05, 0) is 123 Å². The maximum atomic E-state index is 12.3. The summed E-state index contributed by atoms with van der Waals surface area (Å²) in [5.74, 6) is 1.24. The van der Waals surface area contributed by atoms with Crippen LogP contribution in [0.5, 0.6) is 0 Å². The Morgan fingerprint density at radius 1 is 0.366 bits per heavy atom. The summed E-state index contributed by atoms with van der Waals surface area (Å²) in [6.45, 7) is 22.9. The summed E-state index contributed by atoms with van der Waals surface area (Å²) in [4.78, 5) is 34.6. The van der Waals surface area contributed by atoms with Gasteiger partial charge in [-0.15, -0.1) is 0 Å². The first-order chi connectivity index (χ1) is 34.4. The topological polar surface area (TPSA) is 81.3 Å². The summed E-state index contributed by atoms with van der Waals surface area (Å²) < 4.78 is 4.37. The number of rotatable bonds is 10. The second-order valence-corrected chi connectivity index (χ2v) is 18.0. The standard InChI is InChI=1S/2C15H13NO.3C10H14.C5H10O2/c2*1-2-16-13-9-5-3-7-11(13)15(17)12-8-4-6-10-14(12)16;3*1-3-9(2)10-7-5-4-6-8-10;1-3-4(2)5(6)7/h2*3-10H,2H2,1H3;3*4-9H,3H2,1-2H3;4H,3H2,1-2H3,(H,6,7). The SMILES string of the molecule is CCC(C)C(=O)O.CCC(C)c1ccccc1.CCC(C)c1ccccc1.CCC(C)c1ccccc1.CCn1c2ccccc2c(=O)c2ccccc21.CCn1c2ccccc2c(=O)c2ccccc21. The van der Waals surface area contributed by atoms with Crippen LogP contribution in [-0.4, -0.2) is 20.2 Å². The molecule has 71 heavy (non-hydrogen) atoms. The molecule has 0 spiro atoms. The van der Waals surface area contributed by atoms with E-state index in [1.807, 2.05) is 104 Å². The van der Waals surface area contributed by atoms with E-state index in [2.05, 4.69) is 156 Å². The van der Waals surface area contributed by atoms with Crippen molar-refractivity contribution in [3.05, 3.63) is 225 Å². The largest absolute Gasteiger partial charge is 0.481 e. The zero-order valence-corrected chi connectivity index (χ0v) is 44.0. The van der Waals surface area contributed by atoms with Crippen LogP contribution in [0.1, 0.15) is 129 Å². The monoisotopic (exact) mass is 951 g/mol. The van der Waals surface area contributed by atoms with Gasteiger partial charge in [-0.2, -0.15) is 0 Å². The van der Waals surface area contributed by atoms with Gasteiger partial charge in [-0.3, -0.25) is 14.4 Å². The molecule has 0 amide bonds. The second-order valence-electron chi connectivity index (χ2n) is 18.0. The Balaban J connectivity index is 0.000000191. The minimum absolute atomic E-state index is 0.126. The van der Waals surface area contributed by atoms with Crippen molar-refractivity contribution in [1.29, 1.82) is 0 Å². The Hall–Kier alpha value is -7.05. The first kappa shape index (κ1) is 56.5. The lowest BCUT2D eigenvalue weighted by atomic mass is 9.99. The number of aliphatic carboxylic acids is 1. The Labute approximate surface area is 423 Å². The molecule has 9 rings (SSSR count). The van der Waals surface area contributed by atoms with Gasteiger partial charge < -0.3 is 14.2 Å². The normalized spacial score (nSPS) is 12.1. The molecule has 4 unspecified atom stereocenters. The van der Waals surface area contributed by atoms with E-state index in [1.165, 1.54) is 36.0 Å². The molecule has 2 heterocycles. The van der Waals surface area contributed by atoms with E-state index in [0.717, 1.165) is 63.1 Å². The number of aryl methyl sites for hydroxylation is 2. The highest BCUT2D eigenvalue weighted by Crippen LogP contribution is 2.22. The van der Waals surface area contributed by atoms with Gasteiger partial charge in [0, 0.05) is 34.6 Å². The van der Waals surface area contributed by atoms with Crippen LogP contribution >= 0.6 is 0 Å². The van der Waals surface area contributed by atoms with E-state index < -0.39 is 5.97 Å². The molecule has 0 radical (unpaired) electrons. The predicted molar refractivity (Wildman–Crippen MR) is 305 cm³/mol. The lowest BCUT2D eigenvalue weighted by Crippen LogP contribution is -2.10. The number of pyridine rings is 2. The van der Waals surface area contributed by atoms with Gasteiger partial charge in [0.1, 0.15) is 0 Å². The molecular formula is C65H78N2O4. The third-order valence-corrected chi connectivity index (χ3v) is 13.4. The van der Waals surface area contributed by atoms with Gasteiger partial charge in [0.25, 0.3) is 0 Å². The average Bonchev–Trinajstić information content (AvgIpc) is 3.44.